The van der Waals surface area contributed by atoms with E-state index in [1.165, 1.54) is 0 Å². The molecule has 2 aromatic rings. The van der Waals surface area contributed by atoms with Gasteiger partial charge in [-0.2, -0.15) is 0 Å². The maximum absolute atomic E-state index is 11.8. The van der Waals surface area contributed by atoms with Crippen LogP contribution < -0.4 is 5.32 Å². The Bertz CT molecular complexity index is 717. The van der Waals surface area contributed by atoms with Gasteiger partial charge >= 0.3 is 12.1 Å². The number of hydrogen-bond acceptors (Lipinski definition) is 4. The van der Waals surface area contributed by atoms with Crippen LogP contribution in [0.15, 0.2) is 36.7 Å². The monoisotopic (exact) mass is 316 g/mol. The van der Waals surface area contributed by atoms with Gasteiger partial charge in [0.2, 0.25) is 0 Å². The van der Waals surface area contributed by atoms with Crippen molar-refractivity contribution in [2.45, 2.75) is 38.8 Å². The predicted octanol–water partition coefficient (Wildman–Crippen LogP) is 2.76. The fourth-order valence-corrected chi connectivity index (χ4v) is 2.24. The van der Waals surface area contributed by atoms with Crippen LogP contribution in [0.4, 0.5) is 4.79 Å². The van der Waals surface area contributed by atoms with Crippen molar-refractivity contribution in [3.63, 3.8) is 0 Å². The van der Waals surface area contributed by atoms with Crippen LogP contribution in [0.2, 0.25) is 0 Å². The number of carboxylic acid groups (broad SMARTS) is 1. The number of nitrogens with zero attached hydrogens (tertiary/aromatic N) is 1. The number of ether oxygens (including phenoxy) is 1. The molecule has 2 N–H and O–H groups in total. The summed E-state index contributed by atoms with van der Waals surface area (Å²) in [5.41, 5.74) is 0.145. The predicted molar refractivity (Wildman–Crippen MR) is 86.2 cm³/mol. The molecule has 0 aliphatic rings. The first kappa shape index (κ1) is 16.7. The SMILES string of the molecule is CC(C)(C)OC(=O)N[C@@H](Cc1cccc2cnccc12)C(=O)O. The summed E-state index contributed by atoms with van der Waals surface area (Å²) >= 11 is 0. The Kier molecular flexibility index (Phi) is 4.83. The summed E-state index contributed by atoms with van der Waals surface area (Å²) in [6.07, 6.45) is 2.79. The van der Waals surface area contributed by atoms with Crippen LogP contribution in [0.1, 0.15) is 26.3 Å². The Balaban J connectivity index is 2.19. The lowest BCUT2D eigenvalue weighted by molar-refractivity contribution is -0.139. The van der Waals surface area contributed by atoms with Crippen molar-refractivity contribution in [3.8, 4) is 0 Å². The molecule has 6 heteroatoms. The average Bonchev–Trinajstić information content (AvgIpc) is 2.44. The van der Waals surface area contributed by atoms with Crippen molar-refractivity contribution >= 4 is 22.8 Å². The molecule has 0 radical (unpaired) electrons. The first-order chi connectivity index (χ1) is 10.8. The molecule has 23 heavy (non-hydrogen) atoms. The van der Waals surface area contributed by atoms with E-state index in [1.807, 2.05) is 24.3 Å². The fraction of sp³-hybridized carbons (Fsp3) is 0.353. The number of alkyl carbamates (subject to hydrolysis) is 1. The van der Waals surface area contributed by atoms with Crippen LogP contribution in [0.5, 0.6) is 0 Å². The van der Waals surface area contributed by atoms with Gasteiger partial charge in [0, 0.05) is 24.2 Å². The number of carboxylic acids is 1. The number of carbonyl (C=O) groups excluding carboxylic acids is 1. The van der Waals surface area contributed by atoms with Gasteiger partial charge in [-0.3, -0.25) is 4.98 Å². The number of aromatic nitrogens is 1. The Labute approximate surface area is 134 Å². The molecule has 122 valence electrons. The van der Waals surface area contributed by atoms with Gasteiger partial charge in [-0.1, -0.05) is 18.2 Å². The maximum atomic E-state index is 11.8. The molecule has 0 saturated carbocycles. The molecule has 0 saturated heterocycles. The minimum absolute atomic E-state index is 0.163. The highest BCUT2D eigenvalue weighted by molar-refractivity contribution is 5.86. The third kappa shape index (κ3) is 4.67. The zero-order valence-electron chi connectivity index (χ0n) is 13.4. The van der Waals surface area contributed by atoms with Crippen molar-refractivity contribution in [1.29, 1.82) is 0 Å². The molecule has 6 nitrogen and oxygen atoms in total. The molecule has 0 unspecified atom stereocenters. The minimum atomic E-state index is -1.11. The first-order valence-corrected chi connectivity index (χ1v) is 7.30. The molecule has 1 aromatic heterocycles. The summed E-state index contributed by atoms with van der Waals surface area (Å²) in [7, 11) is 0. The summed E-state index contributed by atoms with van der Waals surface area (Å²) in [5.74, 6) is -1.11. The third-order valence-corrected chi connectivity index (χ3v) is 3.18. The van der Waals surface area contributed by atoms with Gasteiger partial charge in [0.05, 0.1) is 0 Å². The van der Waals surface area contributed by atoms with Crippen LogP contribution in [0.25, 0.3) is 10.8 Å². The standard InChI is InChI=1S/C17H20N2O4/c1-17(2,3)23-16(22)19-14(15(20)21)9-11-5-4-6-12-10-18-8-7-13(11)12/h4-8,10,14H,9H2,1-3H3,(H,19,22)(H,20,21)/t14-/m0/s1. The fourth-order valence-electron chi connectivity index (χ4n) is 2.24. The molecule has 0 aliphatic carbocycles. The molecule has 2 rings (SSSR count). The highest BCUT2D eigenvalue weighted by Gasteiger charge is 2.24. The summed E-state index contributed by atoms with van der Waals surface area (Å²) in [6, 6.07) is 6.35. The molecule has 1 heterocycles. The molecule has 0 aliphatic heterocycles. The van der Waals surface area contributed by atoms with Gasteiger partial charge in [-0.25, -0.2) is 9.59 Å². The summed E-state index contributed by atoms with van der Waals surface area (Å²) < 4.78 is 5.12. The van der Waals surface area contributed by atoms with Crippen molar-refractivity contribution < 1.29 is 19.4 Å². The zero-order valence-corrected chi connectivity index (χ0v) is 13.4. The second-order valence-corrected chi connectivity index (χ2v) is 6.26. The van der Waals surface area contributed by atoms with E-state index >= 15 is 0 Å². The van der Waals surface area contributed by atoms with E-state index in [1.54, 1.807) is 33.2 Å². The Morgan fingerprint density at radius 2 is 2.04 bits per heavy atom. The van der Waals surface area contributed by atoms with Crippen molar-refractivity contribution in [2.75, 3.05) is 0 Å². The van der Waals surface area contributed by atoms with E-state index in [4.69, 9.17) is 4.74 Å². The smallest absolute Gasteiger partial charge is 0.408 e. The summed E-state index contributed by atoms with van der Waals surface area (Å²) in [5, 5.41) is 13.6. The lowest BCUT2D eigenvalue weighted by atomic mass is 10.00. The van der Waals surface area contributed by atoms with E-state index in [0.717, 1.165) is 16.3 Å². The van der Waals surface area contributed by atoms with Gasteiger partial charge in [-0.15, -0.1) is 0 Å². The third-order valence-electron chi connectivity index (χ3n) is 3.18. The highest BCUT2D eigenvalue weighted by atomic mass is 16.6. The van der Waals surface area contributed by atoms with Gasteiger partial charge in [0.15, 0.2) is 0 Å². The lowest BCUT2D eigenvalue weighted by Gasteiger charge is -2.22. The van der Waals surface area contributed by atoms with Crippen LogP contribution in [0, 0.1) is 0 Å². The number of pyridine rings is 1. The number of rotatable bonds is 4. The molecule has 0 fully saturated rings. The van der Waals surface area contributed by atoms with Gasteiger partial charge in [0.25, 0.3) is 0 Å². The topological polar surface area (TPSA) is 88.5 Å². The van der Waals surface area contributed by atoms with Gasteiger partial charge < -0.3 is 15.2 Å². The summed E-state index contributed by atoms with van der Waals surface area (Å²) in [4.78, 5) is 27.3. The van der Waals surface area contributed by atoms with Crippen molar-refractivity contribution in [1.82, 2.24) is 10.3 Å². The van der Waals surface area contributed by atoms with E-state index in [9.17, 15) is 14.7 Å². The molecule has 1 atom stereocenters. The van der Waals surface area contributed by atoms with E-state index in [0.29, 0.717) is 0 Å². The van der Waals surface area contributed by atoms with Crippen molar-refractivity contribution in [2.24, 2.45) is 0 Å². The Hall–Kier alpha value is -2.63. The van der Waals surface area contributed by atoms with E-state index in [-0.39, 0.29) is 6.42 Å². The van der Waals surface area contributed by atoms with Crippen LogP contribution in [0.3, 0.4) is 0 Å². The molecule has 1 amide bonds. The number of carbonyl (C=O) groups is 2. The second kappa shape index (κ2) is 6.64. The largest absolute Gasteiger partial charge is 0.480 e. The van der Waals surface area contributed by atoms with Crippen LogP contribution >= 0.6 is 0 Å². The van der Waals surface area contributed by atoms with Crippen molar-refractivity contribution in [3.05, 3.63) is 42.2 Å². The quantitative estimate of drug-likeness (QED) is 0.905. The first-order valence-electron chi connectivity index (χ1n) is 7.30. The normalized spacial score (nSPS) is 12.7. The highest BCUT2D eigenvalue weighted by Crippen LogP contribution is 2.19. The maximum Gasteiger partial charge on any atom is 0.408 e. The molecule has 0 bridgehead atoms. The van der Waals surface area contributed by atoms with Crippen LogP contribution in [-0.4, -0.2) is 33.8 Å². The van der Waals surface area contributed by atoms with E-state index < -0.39 is 23.7 Å². The molecular formula is C17H20N2O4. The lowest BCUT2D eigenvalue weighted by Crippen LogP contribution is -2.44. The minimum Gasteiger partial charge on any atom is -0.480 e. The number of amides is 1. The second-order valence-electron chi connectivity index (χ2n) is 6.26. The Morgan fingerprint density at radius 3 is 2.70 bits per heavy atom. The van der Waals surface area contributed by atoms with Gasteiger partial charge in [0.1, 0.15) is 11.6 Å². The van der Waals surface area contributed by atoms with Gasteiger partial charge in [-0.05, 0) is 37.8 Å². The van der Waals surface area contributed by atoms with Crippen LogP contribution in [-0.2, 0) is 16.0 Å². The Morgan fingerprint density at radius 1 is 1.30 bits per heavy atom. The average molecular weight is 316 g/mol. The summed E-state index contributed by atoms with van der Waals surface area (Å²) in [6.45, 7) is 5.17. The number of nitrogens with one attached hydrogen (secondary N) is 1. The number of fused-ring (bicyclic) bond motifs is 1. The van der Waals surface area contributed by atoms with E-state index in [2.05, 4.69) is 10.3 Å². The number of aliphatic carboxylic acids is 1. The molecular weight excluding hydrogens is 296 g/mol. The molecule has 0 spiro atoms. The zero-order chi connectivity index (χ0) is 17.0. The number of hydrogen-bond donors (Lipinski definition) is 2. The number of benzene rings is 1. The molecule has 1 aromatic carbocycles.